The molecule has 0 amide bonds. The molecule has 192 valence electrons. The van der Waals surface area contributed by atoms with Gasteiger partial charge in [-0.15, -0.1) is 0 Å². The van der Waals surface area contributed by atoms with Gasteiger partial charge in [0.2, 0.25) is 0 Å². The molecule has 7 unspecified atom stereocenters. The molecule has 0 aromatic carbocycles. The average molecular weight is 519 g/mol. The summed E-state index contributed by atoms with van der Waals surface area (Å²) in [5.74, 6) is 2.25. The van der Waals surface area contributed by atoms with E-state index in [9.17, 15) is 0 Å². The summed E-state index contributed by atoms with van der Waals surface area (Å²) in [6, 6.07) is 2.98. The fourth-order valence-corrected chi connectivity index (χ4v) is 18.4. The molecular weight excluding hydrogens is 461 g/mol. The van der Waals surface area contributed by atoms with Crippen LogP contribution in [0, 0.1) is 17.8 Å². The lowest BCUT2D eigenvalue weighted by atomic mass is 10.0. The van der Waals surface area contributed by atoms with Crippen LogP contribution in [-0.4, -0.2) is 59.4 Å². The summed E-state index contributed by atoms with van der Waals surface area (Å²) in [4.78, 5) is 8.08. The van der Waals surface area contributed by atoms with Crippen molar-refractivity contribution < 1.29 is 8.85 Å². The Morgan fingerprint density at radius 2 is 1.03 bits per heavy atom. The predicted octanol–water partition coefficient (Wildman–Crippen LogP) is 6.72. The highest BCUT2D eigenvalue weighted by atomic mass is 28.4. The number of hydrogen-bond acceptors (Lipinski definition) is 4. The van der Waals surface area contributed by atoms with E-state index in [-0.39, 0.29) is 0 Å². The fourth-order valence-electron chi connectivity index (χ4n) is 6.75. The molecule has 7 atom stereocenters. The molecule has 8 heteroatoms. The SMILES string of the molecule is CN[Si](C)(CCO[Si](C)(C)C)C1C(C)C(C)C([Si](C)(CCO[Si](C)(C)C)NC(C)C)C1C. The van der Waals surface area contributed by atoms with Crippen LogP contribution < -0.4 is 9.96 Å². The van der Waals surface area contributed by atoms with Gasteiger partial charge in [-0.05, 0) is 93.3 Å². The normalized spacial score (nSPS) is 31.0. The molecule has 0 bridgehead atoms. The van der Waals surface area contributed by atoms with Crippen molar-refractivity contribution in [2.45, 2.75) is 116 Å². The standard InChI is InChI=1S/C24H58N2O2Si4/c1-19(2)26-32(14,18-16-28-30(10,11)12)24-21(4)20(3)23(22(24)5)31(13,25-6)17-15-27-29(7,8)9/h19-26H,15-18H2,1-14H3. The van der Waals surface area contributed by atoms with E-state index in [1.165, 1.54) is 12.1 Å². The van der Waals surface area contributed by atoms with Crippen molar-refractivity contribution in [2.75, 3.05) is 20.3 Å². The van der Waals surface area contributed by atoms with Crippen molar-refractivity contribution in [2.24, 2.45) is 17.8 Å². The van der Waals surface area contributed by atoms with Gasteiger partial charge in [-0.1, -0.05) is 47.7 Å². The van der Waals surface area contributed by atoms with Gasteiger partial charge >= 0.3 is 0 Å². The van der Waals surface area contributed by atoms with Gasteiger partial charge in [0.25, 0.3) is 0 Å². The van der Waals surface area contributed by atoms with E-state index in [0.29, 0.717) is 6.04 Å². The Kier molecular flexibility index (Phi) is 11.2. The molecule has 0 aromatic heterocycles. The van der Waals surface area contributed by atoms with Crippen molar-refractivity contribution in [3.05, 3.63) is 0 Å². The average Bonchev–Trinajstić information content (AvgIpc) is 2.81. The molecule has 1 aliphatic rings. The zero-order valence-electron chi connectivity index (χ0n) is 24.1. The Balaban J connectivity index is 3.16. The smallest absolute Gasteiger partial charge is 0.183 e. The van der Waals surface area contributed by atoms with Gasteiger partial charge in [0, 0.05) is 13.2 Å². The van der Waals surface area contributed by atoms with Crippen molar-refractivity contribution in [1.29, 1.82) is 0 Å². The summed E-state index contributed by atoms with van der Waals surface area (Å²) in [5, 5.41) is 0. The van der Waals surface area contributed by atoms with Crippen LogP contribution in [0.1, 0.15) is 34.6 Å². The van der Waals surface area contributed by atoms with E-state index in [1.54, 1.807) is 0 Å². The maximum Gasteiger partial charge on any atom is 0.183 e. The molecule has 0 heterocycles. The van der Waals surface area contributed by atoms with Crippen LogP contribution in [0.15, 0.2) is 0 Å². The summed E-state index contributed by atoms with van der Waals surface area (Å²) in [7, 11) is -4.11. The second-order valence-electron chi connectivity index (χ2n) is 13.4. The van der Waals surface area contributed by atoms with Crippen LogP contribution in [-0.2, 0) is 8.85 Å². The van der Waals surface area contributed by atoms with E-state index in [0.717, 1.165) is 42.0 Å². The molecular formula is C24H58N2O2Si4. The molecule has 0 aliphatic heterocycles. The Morgan fingerprint density at radius 3 is 1.38 bits per heavy atom. The van der Waals surface area contributed by atoms with Crippen LogP contribution >= 0.6 is 0 Å². The Labute approximate surface area is 205 Å². The second kappa shape index (κ2) is 11.6. The first-order valence-electron chi connectivity index (χ1n) is 13.1. The third-order valence-electron chi connectivity index (χ3n) is 8.07. The van der Waals surface area contributed by atoms with Gasteiger partial charge in [-0.3, -0.25) is 0 Å². The van der Waals surface area contributed by atoms with Crippen molar-refractivity contribution in [3.63, 3.8) is 0 Å². The van der Waals surface area contributed by atoms with E-state index in [1.807, 2.05) is 0 Å². The summed E-state index contributed by atoms with van der Waals surface area (Å²) in [6.07, 6.45) is 0. The van der Waals surface area contributed by atoms with E-state index < -0.39 is 33.1 Å². The molecule has 0 spiro atoms. The Bertz CT molecular complexity index is 581. The van der Waals surface area contributed by atoms with E-state index >= 15 is 0 Å². The van der Waals surface area contributed by atoms with Gasteiger partial charge in [0.15, 0.2) is 16.6 Å². The molecule has 0 aromatic rings. The first kappa shape index (κ1) is 30.7. The third kappa shape index (κ3) is 8.43. The van der Waals surface area contributed by atoms with Crippen LogP contribution in [0.25, 0.3) is 0 Å². The van der Waals surface area contributed by atoms with Crippen LogP contribution in [0.3, 0.4) is 0 Å². The maximum atomic E-state index is 6.38. The van der Waals surface area contributed by atoms with Gasteiger partial charge in [0.05, 0.1) is 0 Å². The predicted molar refractivity (Wildman–Crippen MR) is 154 cm³/mol. The lowest BCUT2D eigenvalue weighted by Crippen LogP contribution is -2.58. The summed E-state index contributed by atoms with van der Waals surface area (Å²) in [5.41, 5.74) is 1.57. The molecule has 1 fully saturated rings. The van der Waals surface area contributed by atoms with Gasteiger partial charge < -0.3 is 18.8 Å². The minimum Gasteiger partial charge on any atom is -0.418 e. The van der Waals surface area contributed by atoms with Crippen LogP contribution in [0.2, 0.25) is 75.5 Å². The van der Waals surface area contributed by atoms with Crippen molar-refractivity contribution >= 4 is 33.1 Å². The second-order valence-corrected chi connectivity index (χ2v) is 31.3. The first-order valence-corrected chi connectivity index (χ1v) is 25.5. The Hall–Kier alpha value is 0.708. The Morgan fingerprint density at radius 1 is 0.656 bits per heavy atom. The van der Waals surface area contributed by atoms with Crippen molar-refractivity contribution in [3.8, 4) is 0 Å². The topological polar surface area (TPSA) is 42.5 Å². The zero-order chi connectivity index (χ0) is 25.1. The van der Waals surface area contributed by atoms with Crippen LogP contribution in [0.5, 0.6) is 0 Å². The summed E-state index contributed by atoms with van der Waals surface area (Å²) >= 11 is 0. The summed E-state index contributed by atoms with van der Waals surface area (Å²) < 4.78 is 12.7. The van der Waals surface area contributed by atoms with Gasteiger partial charge in [0.1, 0.15) is 16.5 Å². The zero-order valence-corrected chi connectivity index (χ0v) is 28.1. The quantitative estimate of drug-likeness (QED) is 0.266. The molecule has 4 nitrogen and oxygen atoms in total. The largest absolute Gasteiger partial charge is 0.418 e. The molecule has 1 saturated carbocycles. The first-order chi connectivity index (χ1) is 14.4. The highest BCUT2D eigenvalue weighted by molar-refractivity contribution is 6.80. The van der Waals surface area contributed by atoms with E-state index in [4.69, 9.17) is 8.85 Å². The highest BCUT2D eigenvalue weighted by Crippen LogP contribution is 2.60. The molecule has 1 rings (SSSR count). The van der Waals surface area contributed by atoms with Gasteiger partial charge in [-0.25, -0.2) is 0 Å². The number of rotatable bonds is 13. The van der Waals surface area contributed by atoms with Gasteiger partial charge in [-0.2, -0.15) is 0 Å². The molecule has 32 heavy (non-hydrogen) atoms. The van der Waals surface area contributed by atoms with Crippen LogP contribution in [0.4, 0.5) is 0 Å². The third-order valence-corrected chi connectivity index (χ3v) is 20.1. The monoisotopic (exact) mass is 518 g/mol. The number of nitrogens with one attached hydrogen (secondary N) is 2. The van der Waals surface area contributed by atoms with Crippen molar-refractivity contribution in [1.82, 2.24) is 9.96 Å². The highest BCUT2D eigenvalue weighted by Gasteiger charge is 2.57. The molecule has 0 radical (unpaired) electrons. The number of hydrogen-bond donors (Lipinski definition) is 2. The summed E-state index contributed by atoms with van der Waals surface area (Å²) in [6.45, 7) is 33.3. The lowest BCUT2D eigenvalue weighted by Gasteiger charge is -2.43. The molecule has 2 N–H and O–H groups in total. The van der Waals surface area contributed by atoms with E-state index in [2.05, 4.69) is 104 Å². The minimum atomic E-state index is -1.72. The fraction of sp³-hybridized carbons (Fsp3) is 1.00. The molecule has 1 aliphatic carbocycles. The minimum absolute atomic E-state index is 0.533. The lowest BCUT2D eigenvalue weighted by molar-refractivity contribution is 0.328. The molecule has 0 saturated heterocycles. The maximum absolute atomic E-state index is 6.38.